The number of nitrogens with zero attached hydrogens (tertiary/aromatic N) is 1. The molecule has 0 fully saturated rings. The van der Waals surface area contributed by atoms with Crippen LogP contribution in [0.15, 0.2) is 40.9 Å². The molecule has 0 aliphatic rings. The molecule has 2 aromatic carbocycles. The van der Waals surface area contributed by atoms with Crippen LogP contribution in [-0.2, 0) is 6.61 Å². The normalized spacial score (nSPS) is 10.7. The number of hydrogen-bond acceptors (Lipinski definition) is 4. The molecular formula is C20H18Cl2N2O3. The van der Waals surface area contributed by atoms with Crippen LogP contribution in [0.2, 0.25) is 10.0 Å². The molecule has 1 N–H and O–H groups in total. The molecule has 0 saturated heterocycles. The zero-order valence-electron chi connectivity index (χ0n) is 15.1. The summed E-state index contributed by atoms with van der Waals surface area (Å²) in [5.41, 5.74) is 3.31. The molecule has 0 spiro atoms. The number of benzene rings is 2. The molecule has 0 unspecified atom stereocenters. The van der Waals surface area contributed by atoms with Gasteiger partial charge < -0.3 is 14.6 Å². The highest BCUT2D eigenvalue weighted by atomic mass is 35.5. The largest absolute Gasteiger partial charge is 0.489 e. The first-order chi connectivity index (χ1) is 12.8. The average Bonchev–Trinajstić information content (AvgIpc) is 2.97. The van der Waals surface area contributed by atoms with E-state index in [1.165, 1.54) is 0 Å². The Morgan fingerprint density at radius 3 is 2.56 bits per heavy atom. The van der Waals surface area contributed by atoms with Gasteiger partial charge in [-0.1, -0.05) is 40.5 Å². The second kappa shape index (κ2) is 8.03. The van der Waals surface area contributed by atoms with Crippen molar-refractivity contribution in [2.45, 2.75) is 27.4 Å². The molecule has 1 heterocycles. The predicted octanol–water partition coefficient (Wildman–Crippen LogP) is 5.74. The maximum absolute atomic E-state index is 12.6. The number of amides is 1. The zero-order chi connectivity index (χ0) is 19.6. The number of hydrogen-bond donors (Lipinski definition) is 1. The van der Waals surface area contributed by atoms with Crippen LogP contribution in [-0.4, -0.2) is 11.1 Å². The summed E-state index contributed by atoms with van der Waals surface area (Å²) in [6.45, 7) is 5.89. The number of aromatic nitrogens is 1. The van der Waals surface area contributed by atoms with Crippen molar-refractivity contribution in [3.05, 3.63) is 74.6 Å². The lowest BCUT2D eigenvalue weighted by Gasteiger charge is -2.10. The van der Waals surface area contributed by atoms with E-state index in [1.807, 2.05) is 26.0 Å². The Bertz CT molecular complexity index is 979. The third-order valence-corrected chi connectivity index (χ3v) is 4.80. The van der Waals surface area contributed by atoms with Gasteiger partial charge in [0.2, 0.25) is 0 Å². The Morgan fingerprint density at radius 2 is 1.85 bits per heavy atom. The molecule has 1 aromatic heterocycles. The van der Waals surface area contributed by atoms with Gasteiger partial charge in [-0.3, -0.25) is 4.79 Å². The van der Waals surface area contributed by atoms with Crippen molar-refractivity contribution in [2.75, 3.05) is 5.32 Å². The third kappa shape index (κ3) is 4.43. The lowest BCUT2D eigenvalue weighted by Crippen LogP contribution is -2.15. The van der Waals surface area contributed by atoms with E-state index in [-0.39, 0.29) is 17.3 Å². The van der Waals surface area contributed by atoms with Crippen LogP contribution in [0.5, 0.6) is 5.75 Å². The molecule has 1 amide bonds. The third-order valence-electron chi connectivity index (χ3n) is 3.98. The van der Waals surface area contributed by atoms with E-state index in [2.05, 4.69) is 16.5 Å². The standard InChI is InChI=1S/C20H18Cl2N2O3/c1-11-7-12(2)9-14(8-11)26-10-15-13(3)27-24-19(15)20(25)23-17-6-4-5-16(21)18(17)22/h4-9H,10H2,1-3H3,(H,23,25). The first-order valence-electron chi connectivity index (χ1n) is 8.26. The van der Waals surface area contributed by atoms with E-state index in [1.54, 1.807) is 25.1 Å². The van der Waals surface area contributed by atoms with Crippen molar-refractivity contribution in [1.29, 1.82) is 0 Å². The maximum Gasteiger partial charge on any atom is 0.278 e. The number of halogens is 2. The molecular weight excluding hydrogens is 387 g/mol. The second-order valence-corrected chi connectivity index (χ2v) is 7.02. The smallest absolute Gasteiger partial charge is 0.278 e. The van der Waals surface area contributed by atoms with Gasteiger partial charge in [0, 0.05) is 0 Å². The SMILES string of the molecule is Cc1cc(C)cc(OCc2c(C(=O)Nc3cccc(Cl)c3Cl)noc2C)c1. The summed E-state index contributed by atoms with van der Waals surface area (Å²) >= 11 is 12.1. The Labute approximate surface area is 167 Å². The number of anilines is 1. The number of ether oxygens (including phenoxy) is 1. The molecule has 5 nitrogen and oxygen atoms in total. The van der Waals surface area contributed by atoms with Crippen molar-refractivity contribution < 1.29 is 14.1 Å². The average molecular weight is 405 g/mol. The van der Waals surface area contributed by atoms with Crippen molar-refractivity contribution in [2.24, 2.45) is 0 Å². The highest BCUT2D eigenvalue weighted by Gasteiger charge is 2.21. The number of carbonyl (C=O) groups is 1. The molecule has 27 heavy (non-hydrogen) atoms. The summed E-state index contributed by atoms with van der Waals surface area (Å²) in [7, 11) is 0. The monoisotopic (exact) mass is 404 g/mol. The van der Waals surface area contributed by atoms with E-state index in [4.69, 9.17) is 32.5 Å². The molecule has 0 radical (unpaired) electrons. The minimum absolute atomic E-state index is 0.146. The highest BCUT2D eigenvalue weighted by molar-refractivity contribution is 6.44. The van der Waals surface area contributed by atoms with E-state index in [0.29, 0.717) is 22.0 Å². The summed E-state index contributed by atoms with van der Waals surface area (Å²) in [5.74, 6) is 0.786. The topological polar surface area (TPSA) is 64.4 Å². The van der Waals surface area contributed by atoms with E-state index in [0.717, 1.165) is 16.9 Å². The van der Waals surface area contributed by atoms with Gasteiger partial charge in [0.1, 0.15) is 18.1 Å². The first kappa shape index (κ1) is 19.3. The van der Waals surface area contributed by atoms with Gasteiger partial charge in [0.25, 0.3) is 5.91 Å². The number of carbonyl (C=O) groups excluding carboxylic acids is 1. The van der Waals surface area contributed by atoms with Crippen LogP contribution in [0.3, 0.4) is 0 Å². The van der Waals surface area contributed by atoms with Gasteiger partial charge in [-0.25, -0.2) is 0 Å². The summed E-state index contributed by atoms with van der Waals surface area (Å²) < 4.78 is 11.0. The second-order valence-electron chi connectivity index (χ2n) is 6.23. The van der Waals surface area contributed by atoms with Crippen LogP contribution in [0.25, 0.3) is 0 Å². The summed E-state index contributed by atoms with van der Waals surface area (Å²) in [4.78, 5) is 12.6. The fourth-order valence-corrected chi connectivity index (χ4v) is 3.04. The van der Waals surface area contributed by atoms with Crippen LogP contribution in [0.1, 0.15) is 32.9 Å². The number of nitrogens with one attached hydrogen (secondary N) is 1. The maximum atomic E-state index is 12.6. The molecule has 7 heteroatoms. The Morgan fingerprint density at radius 1 is 1.15 bits per heavy atom. The van der Waals surface area contributed by atoms with Gasteiger partial charge in [-0.2, -0.15) is 0 Å². The molecule has 140 valence electrons. The summed E-state index contributed by atoms with van der Waals surface area (Å²) in [6, 6.07) is 10.9. The fraction of sp³-hybridized carbons (Fsp3) is 0.200. The Balaban J connectivity index is 1.79. The van der Waals surface area contributed by atoms with Crippen molar-refractivity contribution in [3.8, 4) is 5.75 Å². The van der Waals surface area contributed by atoms with Crippen LogP contribution in [0.4, 0.5) is 5.69 Å². The van der Waals surface area contributed by atoms with Crippen LogP contribution < -0.4 is 10.1 Å². The van der Waals surface area contributed by atoms with E-state index >= 15 is 0 Å². The van der Waals surface area contributed by atoms with Gasteiger partial charge in [0.05, 0.1) is 21.3 Å². The molecule has 0 aliphatic heterocycles. The fourth-order valence-electron chi connectivity index (χ4n) is 2.69. The summed E-state index contributed by atoms with van der Waals surface area (Å²) in [6.07, 6.45) is 0. The minimum Gasteiger partial charge on any atom is -0.489 e. The predicted molar refractivity (Wildman–Crippen MR) is 106 cm³/mol. The number of rotatable bonds is 5. The lowest BCUT2D eigenvalue weighted by molar-refractivity contribution is 0.101. The van der Waals surface area contributed by atoms with Crippen molar-refractivity contribution >= 4 is 34.8 Å². The zero-order valence-corrected chi connectivity index (χ0v) is 16.6. The van der Waals surface area contributed by atoms with Crippen LogP contribution in [0, 0.1) is 20.8 Å². The van der Waals surface area contributed by atoms with E-state index in [9.17, 15) is 4.79 Å². The van der Waals surface area contributed by atoms with E-state index < -0.39 is 5.91 Å². The summed E-state index contributed by atoms with van der Waals surface area (Å²) in [5, 5.41) is 7.19. The molecule has 0 saturated carbocycles. The van der Waals surface area contributed by atoms with Crippen molar-refractivity contribution in [3.63, 3.8) is 0 Å². The van der Waals surface area contributed by atoms with Gasteiger partial charge in [-0.15, -0.1) is 0 Å². The molecule has 0 atom stereocenters. The van der Waals surface area contributed by atoms with Gasteiger partial charge >= 0.3 is 0 Å². The Hall–Kier alpha value is -2.50. The lowest BCUT2D eigenvalue weighted by atomic mass is 10.1. The Kier molecular flexibility index (Phi) is 5.73. The number of aryl methyl sites for hydroxylation is 3. The molecule has 0 aliphatic carbocycles. The van der Waals surface area contributed by atoms with Gasteiger partial charge in [-0.05, 0) is 56.2 Å². The van der Waals surface area contributed by atoms with Crippen LogP contribution >= 0.6 is 23.2 Å². The highest BCUT2D eigenvalue weighted by Crippen LogP contribution is 2.30. The minimum atomic E-state index is -0.449. The van der Waals surface area contributed by atoms with Crippen molar-refractivity contribution in [1.82, 2.24) is 5.16 Å². The quantitative estimate of drug-likeness (QED) is 0.588. The molecule has 3 aromatic rings. The first-order valence-corrected chi connectivity index (χ1v) is 9.02. The molecule has 0 bridgehead atoms. The molecule has 3 rings (SSSR count). The van der Waals surface area contributed by atoms with Gasteiger partial charge in [0.15, 0.2) is 5.69 Å².